The summed E-state index contributed by atoms with van der Waals surface area (Å²) in [5.41, 5.74) is -11.2. The van der Waals surface area contributed by atoms with Crippen molar-refractivity contribution in [2.75, 3.05) is 13.2 Å². The minimum atomic E-state index is -2.90. The van der Waals surface area contributed by atoms with Gasteiger partial charge in [-0.3, -0.25) is 33.8 Å². The highest BCUT2D eigenvalue weighted by molar-refractivity contribution is 5.91. The van der Waals surface area contributed by atoms with Gasteiger partial charge in [-0.2, -0.15) is 0 Å². The molecule has 20 nitrogen and oxygen atoms in total. The lowest BCUT2D eigenvalue weighted by Gasteiger charge is -2.67. The van der Waals surface area contributed by atoms with E-state index in [4.69, 9.17) is 37.9 Å². The third-order valence-corrected chi connectivity index (χ3v) is 12.9. The predicted octanol–water partition coefficient (Wildman–Crippen LogP) is 1.09. The minimum Gasteiger partial charge on any atom is -0.465 e. The lowest BCUT2D eigenvalue weighted by molar-refractivity contribution is -0.386. The maximum absolute atomic E-state index is 14.5. The van der Waals surface area contributed by atoms with E-state index in [9.17, 15) is 48.6 Å². The highest BCUT2D eigenvalue weighted by Gasteiger charge is 2.91. The van der Waals surface area contributed by atoms with E-state index < -0.39 is 143 Å². The predicted molar refractivity (Wildman–Crippen MR) is 210 cm³/mol. The number of fused-ring (bicyclic) bond motifs is 5. The molecule has 4 heterocycles. The molecule has 342 valence electrons. The van der Waals surface area contributed by atoms with Crippen molar-refractivity contribution in [2.24, 2.45) is 30.2 Å². The van der Waals surface area contributed by atoms with Gasteiger partial charge in [0.1, 0.15) is 48.1 Å². The first-order valence-corrected chi connectivity index (χ1v) is 20.3. The van der Waals surface area contributed by atoms with Crippen LogP contribution in [0, 0.1) is 23.2 Å². The molecule has 2 aliphatic heterocycles. The zero-order valence-corrected chi connectivity index (χ0v) is 36.5. The Hall–Kier alpha value is -5.73. The van der Waals surface area contributed by atoms with Gasteiger partial charge in [0, 0.05) is 52.2 Å². The number of hydrogen-bond acceptors (Lipinski definition) is 19. The molecule has 1 saturated heterocycles. The van der Waals surface area contributed by atoms with Crippen molar-refractivity contribution in [1.29, 1.82) is 0 Å². The van der Waals surface area contributed by atoms with Gasteiger partial charge in [-0.05, 0) is 32.0 Å². The number of ether oxygens (including phenoxy) is 8. The number of aliphatic hydroxyl groups is 2. The van der Waals surface area contributed by atoms with Crippen molar-refractivity contribution in [2.45, 2.75) is 122 Å². The molecule has 3 fully saturated rings. The van der Waals surface area contributed by atoms with E-state index >= 15 is 0 Å². The number of rotatable bonds is 8. The highest BCUT2D eigenvalue weighted by atomic mass is 16.7. The molecule has 6 rings (SSSR count). The van der Waals surface area contributed by atoms with Crippen LogP contribution in [0.3, 0.4) is 0 Å². The fraction of sp³-hybridized carbons (Fsp3) is 0.605. The third-order valence-electron chi connectivity index (χ3n) is 12.9. The van der Waals surface area contributed by atoms with Gasteiger partial charge in [0.05, 0.1) is 34.6 Å². The Morgan fingerprint density at radius 2 is 1.57 bits per heavy atom. The van der Waals surface area contributed by atoms with Gasteiger partial charge in [0.25, 0.3) is 0 Å². The second kappa shape index (κ2) is 16.8. The van der Waals surface area contributed by atoms with Crippen molar-refractivity contribution in [3.63, 3.8) is 0 Å². The molecule has 4 aliphatic rings. The number of aromatic nitrogens is 2. The molecule has 2 aromatic rings. The molecular weight excluding hydrogens is 832 g/mol. The SMILES string of the molecule is CC(=O)OCC12C(O)C(OC(=O)c3ccc(=O)n(C)c3)C3OC(=O)C(C)C(C)c4ncccc4C(=O)OCC4(C)OC1(C(OC(C)=O)C4C(OC(C)=O)C2OC(=O)C(C)C)C3(C)O. The Kier molecular flexibility index (Phi) is 12.4. The van der Waals surface area contributed by atoms with E-state index in [-0.39, 0.29) is 16.8 Å². The number of carbonyl (C=O) groups excluding carboxylic acids is 7. The van der Waals surface area contributed by atoms with Gasteiger partial charge in [-0.1, -0.05) is 27.7 Å². The molecule has 13 unspecified atom stereocenters. The number of hydrogen-bond donors (Lipinski definition) is 2. The first-order valence-electron chi connectivity index (χ1n) is 20.3. The van der Waals surface area contributed by atoms with Crippen LogP contribution in [0.25, 0.3) is 0 Å². The smallest absolute Gasteiger partial charge is 0.340 e. The normalized spacial score (nSPS) is 35.9. The van der Waals surface area contributed by atoms with Crippen LogP contribution >= 0.6 is 0 Å². The zero-order chi connectivity index (χ0) is 46.7. The van der Waals surface area contributed by atoms with Gasteiger partial charge in [0.15, 0.2) is 23.9 Å². The van der Waals surface area contributed by atoms with E-state index in [1.807, 2.05) is 0 Å². The molecule has 0 aromatic carbocycles. The highest BCUT2D eigenvalue weighted by Crippen LogP contribution is 2.69. The first kappa shape index (κ1) is 46.8. The van der Waals surface area contributed by atoms with Crippen LogP contribution < -0.4 is 5.56 Å². The number of carbonyl (C=O) groups is 7. The van der Waals surface area contributed by atoms with Gasteiger partial charge in [0.2, 0.25) is 5.56 Å². The molecule has 63 heavy (non-hydrogen) atoms. The topological polar surface area (TPSA) is 269 Å². The standard InChI is InChI=1S/C43H52N2O18/c1-19(2)36(51)62-35-30(58-23(6)47)28-33(59-24(7)48)43-41(9,55)34(31(32(50)42(35,43)18-56-22(5)46)60-38(53)25-13-14-27(49)45(10)16-25)61-37(52)21(4)20(3)29-26(12-11-15-44-29)39(54)57-17-40(28,8)63-43/h11-16,19-21,28,30-35,50,55H,17-18H2,1-10H3. The van der Waals surface area contributed by atoms with Crippen LogP contribution in [-0.2, 0) is 68.9 Å². The number of aryl methyl sites for hydroxylation is 1. The third kappa shape index (κ3) is 7.54. The molecule has 0 radical (unpaired) electrons. The maximum atomic E-state index is 14.5. The Morgan fingerprint density at radius 1 is 0.905 bits per heavy atom. The zero-order valence-electron chi connectivity index (χ0n) is 36.5. The largest absolute Gasteiger partial charge is 0.465 e. The summed E-state index contributed by atoms with van der Waals surface area (Å²) in [6, 6.07) is 5.07. The number of pyridine rings is 2. The van der Waals surface area contributed by atoms with Crippen molar-refractivity contribution in [3.8, 4) is 0 Å². The molecule has 13 atom stereocenters. The van der Waals surface area contributed by atoms with E-state index in [1.54, 1.807) is 6.92 Å². The van der Waals surface area contributed by atoms with Crippen LogP contribution in [0.4, 0.5) is 0 Å². The van der Waals surface area contributed by atoms with Crippen LogP contribution in [0.1, 0.15) is 94.6 Å². The number of cyclic esters (lactones) is 1. The van der Waals surface area contributed by atoms with Crippen LogP contribution in [0.5, 0.6) is 0 Å². The Bertz CT molecular complexity index is 2270. The summed E-state index contributed by atoms with van der Waals surface area (Å²) in [6.45, 7) is 9.55. The second-order valence-corrected chi connectivity index (χ2v) is 17.4. The van der Waals surface area contributed by atoms with E-state index in [0.717, 1.165) is 50.6 Å². The Labute approximate surface area is 361 Å². The summed E-state index contributed by atoms with van der Waals surface area (Å²) in [5, 5.41) is 26.9. The van der Waals surface area contributed by atoms with Crippen molar-refractivity contribution >= 4 is 41.8 Å². The van der Waals surface area contributed by atoms with Crippen LogP contribution in [-0.4, -0.2) is 128 Å². The molecule has 4 bridgehead atoms. The molecule has 2 aromatic heterocycles. The van der Waals surface area contributed by atoms with Gasteiger partial charge >= 0.3 is 41.8 Å². The number of aliphatic hydroxyl groups excluding tert-OH is 1. The van der Waals surface area contributed by atoms with Gasteiger partial charge in [-0.25, -0.2) is 9.59 Å². The van der Waals surface area contributed by atoms with Gasteiger partial charge in [-0.15, -0.1) is 0 Å². The molecule has 2 aliphatic carbocycles. The fourth-order valence-electron chi connectivity index (χ4n) is 9.72. The minimum absolute atomic E-state index is 0.0582. The van der Waals surface area contributed by atoms with Crippen LogP contribution in [0.2, 0.25) is 0 Å². The average molecular weight is 885 g/mol. The Morgan fingerprint density at radius 3 is 2.17 bits per heavy atom. The summed E-state index contributed by atoms with van der Waals surface area (Å²) >= 11 is 0. The van der Waals surface area contributed by atoms with E-state index in [0.29, 0.717) is 0 Å². The lowest BCUT2D eigenvalue weighted by atomic mass is 9.45. The molecule has 2 saturated carbocycles. The summed E-state index contributed by atoms with van der Waals surface area (Å²) in [7, 11) is 1.36. The molecular formula is C43H52N2O18. The van der Waals surface area contributed by atoms with E-state index in [1.165, 1.54) is 53.1 Å². The summed E-state index contributed by atoms with van der Waals surface area (Å²) in [6.07, 6.45) is -10.2. The number of esters is 7. The summed E-state index contributed by atoms with van der Waals surface area (Å²) < 4.78 is 50.1. The van der Waals surface area contributed by atoms with Gasteiger partial charge < -0.3 is 52.7 Å². The fourth-order valence-corrected chi connectivity index (χ4v) is 9.72. The quantitative estimate of drug-likeness (QED) is 0.277. The first-order chi connectivity index (χ1) is 29.4. The Balaban J connectivity index is 1.75. The van der Waals surface area contributed by atoms with Crippen LogP contribution in [0.15, 0.2) is 41.5 Å². The maximum Gasteiger partial charge on any atom is 0.340 e. The number of nitrogens with zero attached hydrogens (tertiary/aromatic N) is 2. The lowest BCUT2D eigenvalue weighted by Crippen LogP contribution is -2.89. The second-order valence-electron chi connectivity index (χ2n) is 17.4. The van der Waals surface area contributed by atoms with Crippen molar-refractivity contribution < 1.29 is 81.7 Å². The van der Waals surface area contributed by atoms with Crippen molar-refractivity contribution in [3.05, 3.63) is 63.8 Å². The average Bonchev–Trinajstić information content (AvgIpc) is 3.43. The van der Waals surface area contributed by atoms with E-state index in [2.05, 4.69) is 4.98 Å². The van der Waals surface area contributed by atoms with Crippen molar-refractivity contribution in [1.82, 2.24) is 9.55 Å². The molecule has 1 spiro atoms. The molecule has 0 amide bonds. The summed E-state index contributed by atoms with van der Waals surface area (Å²) in [4.78, 5) is 113. The summed E-state index contributed by atoms with van der Waals surface area (Å²) in [5.74, 6) is -11.8. The molecule has 20 heteroatoms. The molecule has 2 N–H and O–H groups in total. The monoisotopic (exact) mass is 884 g/mol.